The van der Waals surface area contributed by atoms with Gasteiger partial charge in [0.05, 0.1) is 6.10 Å². The van der Waals surface area contributed by atoms with E-state index in [0.29, 0.717) is 11.4 Å². The quantitative estimate of drug-likeness (QED) is 0.871. The molecule has 2 aromatic carbocycles. The van der Waals surface area contributed by atoms with Crippen LogP contribution in [0, 0.1) is 20.8 Å². The van der Waals surface area contributed by atoms with Crippen molar-refractivity contribution in [1.29, 1.82) is 0 Å². The maximum absolute atomic E-state index is 10.5. The summed E-state index contributed by atoms with van der Waals surface area (Å²) >= 11 is 5.98. The smallest absolute Gasteiger partial charge is 0.0835 e. The van der Waals surface area contributed by atoms with E-state index in [4.69, 9.17) is 11.6 Å². The Kier molecular flexibility index (Phi) is 4.28. The van der Waals surface area contributed by atoms with Gasteiger partial charge in [-0.05, 0) is 55.2 Å². The lowest BCUT2D eigenvalue weighted by Gasteiger charge is -2.17. The number of hydrogen-bond acceptors (Lipinski definition) is 1. The van der Waals surface area contributed by atoms with E-state index >= 15 is 0 Å². The molecule has 1 N–H and O–H groups in total. The van der Waals surface area contributed by atoms with Crippen LogP contribution in [0.3, 0.4) is 0 Å². The van der Waals surface area contributed by atoms with Gasteiger partial charge < -0.3 is 5.11 Å². The van der Waals surface area contributed by atoms with E-state index in [9.17, 15) is 5.11 Å². The molecule has 0 bridgehead atoms. The maximum atomic E-state index is 10.5. The maximum Gasteiger partial charge on any atom is 0.0835 e. The Balaban J connectivity index is 2.28. The molecule has 0 aromatic heterocycles. The van der Waals surface area contributed by atoms with Gasteiger partial charge in [0.2, 0.25) is 0 Å². The second-order valence-corrected chi connectivity index (χ2v) is 5.60. The van der Waals surface area contributed by atoms with Gasteiger partial charge in [0.15, 0.2) is 0 Å². The molecule has 0 amide bonds. The molecule has 2 heteroatoms. The summed E-state index contributed by atoms with van der Waals surface area (Å²) < 4.78 is 0. The number of aliphatic hydroxyl groups is 1. The lowest BCUT2D eigenvalue weighted by Crippen LogP contribution is -2.06. The molecule has 0 fully saturated rings. The lowest BCUT2D eigenvalue weighted by atomic mass is 9.92. The van der Waals surface area contributed by atoms with Gasteiger partial charge in [-0.25, -0.2) is 0 Å². The molecule has 1 atom stereocenters. The molecule has 0 spiro atoms. The van der Waals surface area contributed by atoms with E-state index in [-0.39, 0.29) is 0 Å². The van der Waals surface area contributed by atoms with E-state index in [1.165, 1.54) is 5.56 Å². The van der Waals surface area contributed by atoms with Gasteiger partial charge in [0.25, 0.3) is 0 Å². The highest BCUT2D eigenvalue weighted by atomic mass is 35.5. The molecule has 0 saturated heterocycles. The second-order valence-electron chi connectivity index (χ2n) is 5.16. The van der Waals surface area contributed by atoms with Crippen LogP contribution in [-0.4, -0.2) is 5.11 Å². The van der Waals surface area contributed by atoms with Crippen molar-refractivity contribution in [2.24, 2.45) is 0 Å². The fourth-order valence-corrected chi connectivity index (χ4v) is 2.92. The lowest BCUT2D eigenvalue weighted by molar-refractivity contribution is 0.177. The summed E-state index contributed by atoms with van der Waals surface area (Å²) in [5, 5.41) is 11.2. The normalized spacial score (nSPS) is 12.5. The zero-order valence-corrected chi connectivity index (χ0v) is 12.3. The minimum Gasteiger partial charge on any atom is -0.388 e. The van der Waals surface area contributed by atoms with Gasteiger partial charge in [-0.2, -0.15) is 0 Å². The first kappa shape index (κ1) is 14.1. The Bertz CT molecular complexity index is 567. The van der Waals surface area contributed by atoms with E-state index in [1.54, 1.807) is 0 Å². The summed E-state index contributed by atoms with van der Waals surface area (Å²) in [6.07, 6.45) is 0.102. The average Bonchev–Trinajstić information content (AvgIpc) is 2.27. The second kappa shape index (κ2) is 5.77. The van der Waals surface area contributed by atoms with Crippen LogP contribution in [0.25, 0.3) is 0 Å². The van der Waals surface area contributed by atoms with Crippen LogP contribution in [-0.2, 0) is 6.42 Å². The van der Waals surface area contributed by atoms with E-state index in [2.05, 4.69) is 32.9 Å². The summed E-state index contributed by atoms with van der Waals surface area (Å²) in [5.74, 6) is 0. The summed E-state index contributed by atoms with van der Waals surface area (Å²) in [5.41, 5.74) is 5.61. The van der Waals surface area contributed by atoms with Gasteiger partial charge in [-0.1, -0.05) is 41.4 Å². The molecule has 1 unspecified atom stereocenters. The van der Waals surface area contributed by atoms with Crippen LogP contribution in [0.1, 0.15) is 33.9 Å². The fraction of sp³-hybridized carbons (Fsp3) is 0.294. The molecule has 0 saturated carbocycles. The third kappa shape index (κ3) is 3.37. The van der Waals surface area contributed by atoms with Crippen molar-refractivity contribution in [2.45, 2.75) is 33.3 Å². The van der Waals surface area contributed by atoms with Gasteiger partial charge in [-0.3, -0.25) is 0 Å². The predicted octanol–water partition coefficient (Wildman–Crippen LogP) is 4.54. The monoisotopic (exact) mass is 274 g/mol. The Labute approximate surface area is 119 Å². The minimum atomic E-state index is -0.487. The molecule has 0 aliphatic heterocycles. The largest absolute Gasteiger partial charge is 0.388 e. The molecule has 0 aliphatic rings. The summed E-state index contributed by atoms with van der Waals surface area (Å²) in [6, 6.07) is 11.9. The zero-order chi connectivity index (χ0) is 14.0. The molecule has 100 valence electrons. The number of rotatable bonds is 3. The van der Waals surface area contributed by atoms with Crippen molar-refractivity contribution in [3.8, 4) is 0 Å². The van der Waals surface area contributed by atoms with Crippen LogP contribution < -0.4 is 0 Å². The van der Waals surface area contributed by atoms with Crippen LogP contribution in [0.5, 0.6) is 0 Å². The molecule has 2 aromatic rings. The van der Waals surface area contributed by atoms with E-state index in [1.807, 2.05) is 24.3 Å². The predicted molar refractivity (Wildman–Crippen MR) is 80.8 cm³/mol. The topological polar surface area (TPSA) is 20.2 Å². The molecule has 19 heavy (non-hydrogen) atoms. The minimum absolute atomic E-state index is 0.487. The molecule has 1 nitrogen and oxygen atoms in total. The molecule has 0 aliphatic carbocycles. The molecule has 0 heterocycles. The molecule has 2 rings (SSSR count). The first-order chi connectivity index (χ1) is 8.97. The average molecular weight is 275 g/mol. The van der Waals surface area contributed by atoms with Crippen molar-refractivity contribution in [1.82, 2.24) is 0 Å². The Morgan fingerprint density at radius 1 is 1.05 bits per heavy atom. The Hall–Kier alpha value is -1.31. The van der Waals surface area contributed by atoms with Crippen molar-refractivity contribution in [2.75, 3.05) is 0 Å². The van der Waals surface area contributed by atoms with E-state index in [0.717, 1.165) is 22.3 Å². The third-order valence-corrected chi connectivity index (χ3v) is 3.62. The standard InChI is InChI=1S/C17H19ClO/c1-11-7-12(2)17(13(3)8-11)16(19)10-14-5-4-6-15(18)9-14/h4-9,16,19H,10H2,1-3H3. The van der Waals surface area contributed by atoms with Crippen molar-refractivity contribution in [3.63, 3.8) is 0 Å². The Morgan fingerprint density at radius 2 is 1.68 bits per heavy atom. The first-order valence-corrected chi connectivity index (χ1v) is 6.85. The number of aliphatic hydroxyl groups excluding tert-OH is 1. The zero-order valence-electron chi connectivity index (χ0n) is 11.6. The van der Waals surface area contributed by atoms with Crippen molar-refractivity contribution >= 4 is 11.6 Å². The summed E-state index contributed by atoms with van der Waals surface area (Å²) in [7, 11) is 0. The molecule has 0 radical (unpaired) electrons. The van der Waals surface area contributed by atoms with Crippen molar-refractivity contribution < 1.29 is 5.11 Å². The van der Waals surface area contributed by atoms with Crippen LogP contribution in [0.15, 0.2) is 36.4 Å². The summed E-state index contributed by atoms with van der Waals surface area (Å²) in [6.45, 7) is 6.18. The van der Waals surface area contributed by atoms with Crippen LogP contribution >= 0.6 is 11.6 Å². The SMILES string of the molecule is Cc1cc(C)c(C(O)Cc2cccc(Cl)c2)c(C)c1. The molecular weight excluding hydrogens is 256 g/mol. The summed E-state index contributed by atoms with van der Waals surface area (Å²) in [4.78, 5) is 0. The highest BCUT2D eigenvalue weighted by molar-refractivity contribution is 6.30. The van der Waals surface area contributed by atoms with Crippen LogP contribution in [0.2, 0.25) is 5.02 Å². The van der Waals surface area contributed by atoms with E-state index < -0.39 is 6.10 Å². The first-order valence-electron chi connectivity index (χ1n) is 6.47. The van der Waals surface area contributed by atoms with Gasteiger partial charge in [-0.15, -0.1) is 0 Å². The van der Waals surface area contributed by atoms with Gasteiger partial charge in [0, 0.05) is 11.4 Å². The molecular formula is C17H19ClO. The van der Waals surface area contributed by atoms with Gasteiger partial charge in [0.1, 0.15) is 0 Å². The highest BCUT2D eigenvalue weighted by Crippen LogP contribution is 2.26. The third-order valence-electron chi connectivity index (χ3n) is 3.39. The number of hydrogen-bond donors (Lipinski definition) is 1. The van der Waals surface area contributed by atoms with Gasteiger partial charge >= 0.3 is 0 Å². The highest BCUT2D eigenvalue weighted by Gasteiger charge is 2.14. The fourth-order valence-electron chi connectivity index (χ4n) is 2.71. The number of benzene rings is 2. The number of aryl methyl sites for hydroxylation is 3. The van der Waals surface area contributed by atoms with Crippen LogP contribution in [0.4, 0.5) is 0 Å². The van der Waals surface area contributed by atoms with Crippen molar-refractivity contribution in [3.05, 3.63) is 69.2 Å². The number of halogens is 1. The Morgan fingerprint density at radius 3 is 2.26 bits per heavy atom.